The molecule has 0 aliphatic carbocycles. The number of nitrogens with zero attached hydrogens (tertiary/aromatic N) is 3. The molecule has 0 aliphatic rings. The Morgan fingerprint density at radius 1 is 1.33 bits per heavy atom. The van der Waals surface area contributed by atoms with E-state index < -0.39 is 0 Å². The van der Waals surface area contributed by atoms with Crippen molar-refractivity contribution in [1.29, 1.82) is 0 Å². The van der Waals surface area contributed by atoms with Crippen LogP contribution in [-0.2, 0) is 11.3 Å². The van der Waals surface area contributed by atoms with E-state index in [4.69, 9.17) is 11.6 Å². The molecular weight excluding hydrogens is 382 g/mol. The first-order valence-electron chi connectivity index (χ1n) is 8.55. The molecule has 7 heteroatoms. The number of carbonyl (C=O) groups excluding carboxylic acids is 1. The van der Waals surface area contributed by atoms with Crippen LogP contribution in [0.1, 0.15) is 13.8 Å². The first-order chi connectivity index (χ1) is 12.9. The van der Waals surface area contributed by atoms with Gasteiger partial charge in [0, 0.05) is 29.1 Å². The molecule has 5 nitrogen and oxygen atoms in total. The van der Waals surface area contributed by atoms with Gasteiger partial charge in [-0.3, -0.25) is 14.2 Å². The molecule has 0 unspecified atom stereocenters. The van der Waals surface area contributed by atoms with Crippen LogP contribution in [-0.4, -0.2) is 33.4 Å². The summed E-state index contributed by atoms with van der Waals surface area (Å²) < 4.78 is 1.37. The molecule has 27 heavy (non-hydrogen) atoms. The molecule has 0 radical (unpaired) electrons. The molecule has 3 aromatic rings. The minimum absolute atomic E-state index is 0.0429. The number of benzene rings is 1. The number of thiophene rings is 1. The third kappa shape index (κ3) is 4.12. The smallest absolute Gasteiger partial charge is 0.263 e. The van der Waals surface area contributed by atoms with E-state index in [9.17, 15) is 9.59 Å². The van der Waals surface area contributed by atoms with Gasteiger partial charge in [0.05, 0.1) is 11.7 Å². The molecule has 140 valence electrons. The number of fused-ring (bicyclic) bond motifs is 1. The standard InChI is InChI=1S/C20H20ClN3O2S/c1-4-23(9-13(2)3)17(25)10-24-12-22-19-18(20(24)26)16(11-27-19)14-5-7-15(21)8-6-14/h5-8,11-12H,2,4,9-10H2,1,3H3. The van der Waals surface area contributed by atoms with Crippen LogP contribution in [0, 0.1) is 0 Å². The van der Waals surface area contributed by atoms with Crippen molar-refractivity contribution in [2.75, 3.05) is 13.1 Å². The molecule has 0 saturated heterocycles. The Balaban J connectivity index is 1.98. The van der Waals surface area contributed by atoms with Crippen molar-refractivity contribution < 1.29 is 4.79 Å². The van der Waals surface area contributed by atoms with E-state index in [0.717, 1.165) is 16.7 Å². The summed E-state index contributed by atoms with van der Waals surface area (Å²) in [4.78, 5) is 32.3. The molecule has 0 spiro atoms. The van der Waals surface area contributed by atoms with Crippen molar-refractivity contribution in [1.82, 2.24) is 14.5 Å². The Kier molecular flexibility index (Phi) is 5.77. The highest BCUT2D eigenvalue weighted by Crippen LogP contribution is 2.31. The van der Waals surface area contributed by atoms with Crippen LogP contribution in [0.15, 0.2) is 52.9 Å². The number of hydrogen-bond donors (Lipinski definition) is 0. The Bertz CT molecular complexity index is 1050. The van der Waals surface area contributed by atoms with Crippen LogP contribution in [0.2, 0.25) is 5.02 Å². The maximum absolute atomic E-state index is 13.0. The van der Waals surface area contributed by atoms with Gasteiger partial charge in [0.2, 0.25) is 5.91 Å². The van der Waals surface area contributed by atoms with Crippen LogP contribution in [0.3, 0.4) is 0 Å². The van der Waals surface area contributed by atoms with E-state index in [1.54, 1.807) is 17.0 Å². The largest absolute Gasteiger partial charge is 0.337 e. The zero-order chi connectivity index (χ0) is 19.6. The highest BCUT2D eigenvalue weighted by atomic mass is 35.5. The molecule has 3 rings (SSSR count). The predicted octanol–water partition coefficient (Wildman–Crippen LogP) is 4.20. The number of aromatic nitrogens is 2. The summed E-state index contributed by atoms with van der Waals surface area (Å²) in [5, 5.41) is 3.07. The first kappa shape index (κ1) is 19.3. The van der Waals surface area contributed by atoms with Gasteiger partial charge < -0.3 is 4.90 Å². The molecule has 0 bridgehead atoms. The average molecular weight is 402 g/mol. The fourth-order valence-corrected chi connectivity index (χ4v) is 3.90. The van der Waals surface area contributed by atoms with Crippen LogP contribution >= 0.6 is 22.9 Å². The second kappa shape index (κ2) is 8.06. The Morgan fingerprint density at radius 3 is 2.67 bits per heavy atom. The van der Waals surface area contributed by atoms with Crippen LogP contribution in [0.5, 0.6) is 0 Å². The van der Waals surface area contributed by atoms with Crippen molar-refractivity contribution in [2.45, 2.75) is 20.4 Å². The van der Waals surface area contributed by atoms with E-state index in [0.29, 0.717) is 28.3 Å². The van der Waals surface area contributed by atoms with Crippen molar-refractivity contribution in [3.8, 4) is 11.1 Å². The first-order valence-corrected chi connectivity index (χ1v) is 9.81. The molecule has 1 amide bonds. The molecule has 2 heterocycles. The average Bonchev–Trinajstić information content (AvgIpc) is 3.07. The lowest BCUT2D eigenvalue weighted by Gasteiger charge is -2.21. The Labute approximate surface area is 166 Å². The third-order valence-electron chi connectivity index (χ3n) is 4.22. The number of rotatable bonds is 6. The predicted molar refractivity (Wildman–Crippen MR) is 111 cm³/mol. The van der Waals surface area contributed by atoms with Gasteiger partial charge in [-0.1, -0.05) is 35.9 Å². The summed E-state index contributed by atoms with van der Waals surface area (Å²) >= 11 is 7.37. The molecule has 1 aromatic carbocycles. The van der Waals surface area contributed by atoms with Crippen molar-refractivity contribution >= 4 is 39.1 Å². The monoisotopic (exact) mass is 401 g/mol. The van der Waals surface area contributed by atoms with E-state index in [1.807, 2.05) is 31.4 Å². The molecular formula is C20H20ClN3O2S. The fourth-order valence-electron chi connectivity index (χ4n) is 2.87. The minimum Gasteiger partial charge on any atom is -0.337 e. The maximum Gasteiger partial charge on any atom is 0.263 e. The molecule has 0 atom stereocenters. The maximum atomic E-state index is 13.0. The summed E-state index contributed by atoms with van der Waals surface area (Å²) in [6.07, 6.45) is 1.44. The van der Waals surface area contributed by atoms with E-state index >= 15 is 0 Å². The number of hydrogen-bond acceptors (Lipinski definition) is 4. The summed E-state index contributed by atoms with van der Waals surface area (Å²) in [6, 6.07) is 7.32. The summed E-state index contributed by atoms with van der Waals surface area (Å²) in [5.41, 5.74) is 2.38. The second-order valence-electron chi connectivity index (χ2n) is 6.38. The highest BCUT2D eigenvalue weighted by Gasteiger charge is 2.17. The number of amides is 1. The summed E-state index contributed by atoms with van der Waals surface area (Å²) in [7, 11) is 0. The fraction of sp³-hybridized carbons (Fsp3) is 0.250. The molecule has 0 fully saturated rings. The topological polar surface area (TPSA) is 55.2 Å². The van der Waals surface area contributed by atoms with Crippen molar-refractivity contribution in [3.63, 3.8) is 0 Å². The molecule has 0 N–H and O–H groups in total. The van der Waals surface area contributed by atoms with E-state index in [-0.39, 0.29) is 18.0 Å². The van der Waals surface area contributed by atoms with Gasteiger partial charge in [0.15, 0.2) is 0 Å². The van der Waals surface area contributed by atoms with Crippen LogP contribution in [0.25, 0.3) is 21.3 Å². The zero-order valence-electron chi connectivity index (χ0n) is 15.2. The van der Waals surface area contributed by atoms with Gasteiger partial charge in [-0.05, 0) is 31.5 Å². The SMILES string of the molecule is C=C(C)CN(CC)C(=O)Cn1cnc2scc(-c3ccc(Cl)cc3)c2c1=O. The van der Waals surface area contributed by atoms with Crippen molar-refractivity contribution in [2.24, 2.45) is 0 Å². The lowest BCUT2D eigenvalue weighted by atomic mass is 10.1. The summed E-state index contributed by atoms with van der Waals surface area (Å²) in [5.74, 6) is -0.132. The van der Waals surface area contributed by atoms with Gasteiger partial charge in [-0.25, -0.2) is 4.98 Å². The number of likely N-dealkylation sites (N-methyl/N-ethyl adjacent to an activating group) is 1. The van der Waals surface area contributed by atoms with Gasteiger partial charge in [-0.2, -0.15) is 0 Å². The van der Waals surface area contributed by atoms with E-state index in [2.05, 4.69) is 11.6 Å². The molecule has 0 aliphatic heterocycles. The number of halogens is 1. The van der Waals surface area contributed by atoms with Crippen LogP contribution in [0.4, 0.5) is 0 Å². The quantitative estimate of drug-likeness (QED) is 0.581. The molecule has 0 saturated carbocycles. The Morgan fingerprint density at radius 2 is 2.04 bits per heavy atom. The highest BCUT2D eigenvalue weighted by molar-refractivity contribution is 7.17. The summed E-state index contributed by atoms with van der Waals surface area (Å²) in [6.45, 7) is 8.63. The van der Waals surface area contributed by atoms with Gasteiger partial charge >= 0.3 is 0 Å². The third-order valence-corrected chi connectivity index (χ3v) is 5.36. The molecule has 2 aromatic heterocycles. The van der Waals surface area contributed by atoms with Crippen molar-refractivity contribution in [3.05, 3.63) is 63.5 Å². The lowest BCUT2D eigenvalue weighted by Crippen LogP contribution is -2.37. The Hall–Kier alpha value is -2.44. The van der Waals surface area contributed by atoms with Crippen LogP contribution < -0.4 is 5.56 Å². The normalized spacial score (nSPS) is 10.9. The minimum atomic E-state index is -0.217. The van der Waals surface area contributed by atoms with Gasteiger partial charge in [0.1, 0.15) is 11.4 Å². The van der Waals surface area contributed by atoms with Gasteiger partial charge in [-0.15, -0.1) is 11.3 Å². The zero-order valence-corrected chi connectivity index (χ0v) is 16.8. The second-order valence-corrected chi connectivity index (χ2v) is 7.67. The van der Waals surface area contributed by atoms with Gasteiger partial charge in [0.25, 0.3) is 5.56 Å². The van der Waals surface area contributed by atoms with E-state index in [1.165, 1.54) is 22.2 Å². The number of carbonyl (C=O) groups is 1. The lowest BCUT2D eigenvalue weighted by molar-refractivity contribution is -0.131.